The first-order valence-corrected chi connectivity index (χ1v) is 8.33. The molecule has 2 amide bonds. The first-order chi connectivity index (χ1) is 10.8. The quantitative estimate of drug-likeness (QED) is 0.733. The fraction of sp³-hybridized carbons (Fsp3) is 0.222. The largest absolute Gasteiger partial charge is 0.347 e. The Morgan fingerprint density at radius 3 is 2.04 bits per heavy atom. The van der Waals surface area contributed by atoms with Crippen LogP contribution in [-0.4, -0.2) is 17.4 Å². The van der Waals surface area contributed by atoms with E-state index in [0.29, 0.717) is 16.8 Å². The number of carbonyl (C=O) groups is 2. The van der Waals surface area contributed by atoms with E-state index in [0.717, 1.165) is 3.57 Å². The lowest BCUT2D eigenvalue weighted by atomic mass is 10.1. The van der Waals surface area contributed by atoms with Crippen LogP contribution in [0.4, 0.5) is 5.69 Å². The highest BCUT2D eigenvalue weighted by Crippen LogP contribution is 2.19. The average Bonchev–Trinajstić information content (AvgIpc) is 2.46. The molecule has 0 radical (unpaired) electrons. The number of halogens is 1. The van der Waals surface area contributed by atoms with Crippen LogP contribution in [0, 0.1) is 3.57 Å². The Balaban J connectivity index is 2.26. The van der Waals surface area contributed by atoms with Gasteiger partial charge in [0, 0.05) is 9.11 Å². The zero-order chi connectivity index (χ0) is 17.0. The SMILES string of the molecule is CC(C)(C)NC(=O)c1ccccc1NC(=O)c1ccccc1I. The van der Waals surface area contributed by atoms with Crippen LogP contribution in [0.1, 0.15) is 41.5 Å². The molecule has 23 heavy (non-hydrogen) atoms. The van der Waals surface area contributed by atoms with Crippen molar-refractivity contribution < 1.29 is 9.59 Å². The zero-order valence-electron chi connectivity index (χ0n) is 13.3. The van der Waals surface area contributed by atoms with E-state index in [1.54, 1.807) is 30.3 Å². The van der Waals surface area contributed by atoms with Gasteiger partial charge in [0.15, 0.2) is 0 Å². The predicted octanol–water partition coefficient (Wildman–Crippen LogP) is 4.07. The Kier molecular flexibility index (Phi) is 5.41. The van der Waals surface area contributed by atoms with E-state index < -0.39 is 0 Å². The molecule has 0 spiro atoms. The minimum Gasteiger partial charge on any atom is -0.347 e. The molecular formula is C18H19IN2O2. The van der Waals surface area contributed by atoms with Crippen LogP contribution in [-0.2, 0) is 0 Å². The molecule has 0 aliphatic carbocycles. The van der Waals surface area contributed by atoms with Gasteiger partial charge in [-0.1, -0.05) is 24.3 Å². The van der Waals surface area contributed by atoms with E-state index in [1.165, 1.54) is 0 Å². The Morgan fingerprint density at radius 1 is 0.870 bits per heavy atom. The fourth-order valence-corrected chi connectivity index (χ4v) is 2.67. The number of amides is 2. The van der Waals surface area contributed by atoms with Crippen molar-refractivity contribution in [1.82, 2.24) is 5.32 Å². The van der Waals surface area contributed by atoms with Gasteiger partial charge in [0.05, 0.1) is 16.8 Å². The van der Waals surface area contributed by atoms with Crippen LogP contribution < -0.4 is 10.6 Å². The summed E-state index contributed by atoms with van der Waals surface area (Å²) in [5, 5.41) is 5.74. The van der Waals surface area contributed by atoms with Crippen molar-refractivity contribution in [2.75, 3.05) is 5.32 Å². The maximum absolute atomic E-state index is 12.4. The molecule has 0 unspecified atom stereocenters. The van der Waals surface area contributed by atoms with Crippen molar-refractivity contribution in [3.63, 3.8) is 0 Å². The standard InChI is InChI=1S/C18H19IN2O2/c1-18(2,3)21-17(23)13-9-5-7-11-15(13)20-16(22)12-8-4-6-10-14(12)19/h4-11H,1-3H3,(H,20,22)(H,21,23). The summed E-state index contributed by atoms with van der Waals surface area (Å²) in [6, 6.07) is 14.3. The van der Waals surface area contributed by atoms with Gasteiger partial charge in [-0.3, -0.25) is 9.59 Å². The molecule has 0 fully saturated rings. The molecule has 120 valence electrons. The molecule has 0 aromatic heterocycles. The lowest BCUT2D eigenvalue weighted by molar-refractivity contribution is 0.0920. The molecule has 0 saturated heterocycles. The number of benzene rings is 2. The summed E-state index contributed by atoms with van der Waals surface area (Å²) in [5.74, 6) is -0.442. The van der Waals surface area contributed by atoms with E-state index in [2.05, 4.69) is 33.2 Å². The molecule has 0 aliphatic rings. The first kappa shape index (κ1) is 17.5. The molecule has 0 bridgehead atoms. The van der Waals surface area contributed by atoms with E-state index in [9.17, 15) is 9.59 Å². The van der Waals surface area contributed by atoms with E-state index in [1.807, 2.05) is 39.0 Å². The summed E-state index contributed by atoms with van der Waals surface area (Å²) in [6.45, 7) is 5.75. The highest BCUT2D eigenvalue weighted by atomic mass is 127. The number of para-hydroxylation sites is 1. The summed E-state index contributed by atoms with van der Waals surface area (Å²) < 4.78 is 0.860. The van der Waals surface area contributed by atoms with Crippen molar-refractivity contribution in [2.24, 2.45) is 0 Å². The molecular weight excluding hydrogens is 403 g/mol. The van der Waals surface area contributed by atoms with Gasteiger partial charge < -0.3 is 10.6 Å². The topological polar surface area (TPSA) is 58.2 Å². The van der Waals surface area contributed by atoms with Gasteiger partial charge in [-0.05, 0) is 67.6 Å². The minimum atomic E-state index is -0.344. The van der Waals surface area contributed by atoms with Gasteiger partial charge in [-0.15, -0.1) is 0 Å². The van der Waals surface area contributed by atoms with Crippen LogP contribution in [0.25, 0.3) is 0 Å². The maximum Gasteiger partial charge on any atom is 0.256 e. The molecule has 2 aromatic carbocycles. The van der Waals surface area contributed by atoms with Gasteiger partial charge in [-0.25, -0.2) is 0 Å². The number of rotatable bonds is 3. The second-order valence-electron chi connectivity index (χ2n) is 6.18. The summed E-state index contributed by atoms with van der Waals surface area (Å²) in [4.78, 5) is 24.8. The number of hydrogen-bond acceptors (Lipinski definition) is 2. The third kappa shape index (κ3) is 4.79. The highest BCUT2D eigenvalue weighted by Gasteiger charge is 2.19. The normalized spacial score (nSPS) is 11.0. The Labute approximate surface area is 149 Å². The van der Waals surface area contributed by atoms with E-state index in [-0.39, 0.29) is 17.4 Å². The third-order valence-electron chi connectivity index (χ3n) is 3.03. The summed E-state index contributed by atoms with van der Waals surface area (Å²) in [7, 11) is 0. The Hall–Kier alpha value is -1.89. The van der Waals surface area contributed by atoms with E-state index >= 15 is 0 Å². The van der Waals surface area contributed by atoms with Gasteiger partial charge in [0.1, 0.15) is 0 Å². The van der Waals surface area contributed by atoms with Crippen LogP contribution in [0.3, 0.4) is 0 Å². The molecule has 0 aliphatic heterocycles. The van der Waals surface area contributed by atoms with Gasteiger partial charge in [-0.2, -0.15) is 0 Å². The van der Waals surface area contributed by atoms with Crippen LogP contribution in [0.5, 0.6) is 0 Å². The minimum absolute atomic E-state index is 0.212. The predicted molar refractivity (Wildman–Crippen MR) is 101 cm³/mol. The fourth-order valence-electron chi connectivity index (χ4n) is 2.03. The number of carbonyl (C=O) groups excluding carboxylic acids is 2. The number of anilines is 1. The molecule has 0 saturated carbocycles. The highest BCUT2D eigenvalue weighted by molar-refractivity contribution is 14.1. The first-order valence-electron chi connectivity index (χ1n) is 7.25. The van der Waals surface area contributed by atoms with Gasteiger partial charge in [0.2, 0.25) is 0 Å². The Morgan fingerprint density at radius 2 is 1.43 bits per heavy atom. The van der Waals surface area contributed by atoms with Crippen molar-refractivity contribution in [1.29, 1.82) is 0 Å². The average molecular weight is 422 g/mol. The maximum atomic E-state index is 12.4. The third-order valence-corrected chi connectivity index (χ3v) is 3.97. The number of nitrogens with one attached hydrogen (secondary N) is 2. The van der Waals surface area contributed by atoms with Crippen LogP contribution >= 0.6 is 22.6 Å². The second-order valence-corrected chi connectivity index (χ2v) is 7.35. The Bertz CT molecular complexity index is 736. The van der Waals surface area contributed by atoms with Crippen LogP contribution in [0.15, 0.2) is 48.5 Å². The number of hydrogen-bond donors (Lipinski definition) is 2. The molecule has 5 heteroatoms. The molecule has 2 aromatic rings. The van der Waals surface area contributed by atoms with Crippen LogP contribution in [0.2, 0.25) is 0 Å². The van der Waals surface area contributed by atoms with Crippen molar-refractivity contribution in [3.05, 3.63) is 63.2 Å². The van der Waals surface area contributed by atoms with Crippen molar-refractivity contribution >= 4 is 40.1 Å². The molecule has 0 atom stereocenters. The molecule has 4 nitrogen and oxygen atoms in total. The summed E-state index contributed by atoms with van der Waals surface area (Å²) in [5.41, 5.74) is 1.18. The molecule has 2 N–H and O–H groups in total. The van der Waals surface area contributed by atoms with E-state index in [4.69, 9.17) is 0 Å². The molecule has 2 rings (SSSR count). The van der Waals surface area contributed by atoms with Crippen molar-refractivity contribution in [2.45, 2.75) is 26.3 Å². The smallest absolute Gasteiger partial charge is 0.256 e. The lowest BCUT2D eigenvalue weighted by Crippen LogP contribution is -2.40. The van der Waals surface area contributed by atoms with Gasteiger partial charge in [0.25, 0.3) is 11.8 Å². The second kappa shape index (κ2) is 7.12. The zero-order valence-corrected chi connectivity index (χ0v) is 15.5. The summed E-state index contributed by atoms with van der Waals surface area (Å²) in [6.07, 6.45) is 0. The van der Waals surface area contributed by atoms with Crippen molar-refractivity contribution in [3.8, 4) is 0 Å². The van der Waals surface area contributed by atoms with Gasteiger partial charge >= 0.3 is 0 Å². The molecule has 0 heterocycles. The summed E-state index contributed by atoms with van der Waals surface area (Å²) >= 11 is 2.12. The monoisotopic (exact) mass is 422 g/mol. The lowest BCUT2D eigenvalue weighted by Gasteiger charge is -2.21.